The van der Waals surface area contributed by atoms with Crippen LogP contribution in [-0.2, 0) is 22.6 Å². The summed E-state index contributed by atoms with van der Waals surface area (Å²) in [7, 11) is 2.67. The lowest BCUT2D eigenvalue weighted by Gasteiger charge is -2.15. The van der Waals surface area contributed by atoms with Gasteiger partial charge >= 0.3 is 11.9 Å². The van der Waals surface area contributed by atoms with Crippen LogP contribution in [0.2, 0.25) is 0 Å². The van der Waals surface area contributed by atoms with Gasteiger partial charge < -0.3 is 18.6 Å². The van der Waals surface area contributed by atoms with Crippen LogP contribution < -0.4 is 4.74 Å². The highest BCUT2D eigenvalue weighted by Crippen LogP contribution is 2.27. The lowest BCUT2D eigenvalue weighted by Crippen LogP contribution is -2.29. The highest BCUT2D eigenvalue weighted by molar-refractivity contribution is 6.21. The maximum atomic E-state index is 12.8. The summed E-state index contributed by atoms with van der Waals surface area (Å²) in [6.07, 6.45) is 0. The molecule has 0 atom stereocenters. The molecule has 0 saturated carbocycles. The molecule has 9 nitrogen and oxygen atoms in total. The van der Waals surface area contributed by atoms with Crippen LogP contribution in [0.5, 0.6) is 5.75 Å². The van der Waals surface area contributed by atoms with Gasteiger partial charge in [-0.1, -0.05) is 18.2 Å². The standard InChI is InChI=1S/C25H21NO8/c1-14-19(24(29)32-3)11-16(34-14)13-33-25(30)20-10-15(8-9-21(20)31-2)12-26-22(27)17-6-4-5-7-18(17)23(26)28/h4-11H,12-13H2,1-3H3. The van der Waals surface area contributed by atoms with E-state index in [0.717, 1.165) is 4.90 Å². The third-order valence-electron chi connectivity index (χ3n) is 5.42. The van der Waals surface area contributed by atoms with E-state index in [1.54, 1.807) is 43.3 Å². The molecule has 0 spiro atoms. The Morgan fingerprint density at radius 1 is 0.912 bits per heavy atom. The summed E-state index contributed by atoms with van der Waals surface area (Å²) in [6, 6.07) is 12.8. The summed E-state index contributed by atoms with van der Waals surface area (Å²) >= 11 is 0. The first-order chi connectivity index (χ1) is 16.3. The normalized spacial score (nSPS) is 12.5. The predicted octanol–water partition coefficient (Wildman–Crippen LogP) is 3.54. The van der Waals surface area contributed by atoms with E-state index in [-0.39, 0.29) is 35.8 Å². The van der Waals surface area contributed by atoms with Gasteiger partial charge in [0.05, 0.1) is 31.9 Å². The molecule has 0 fully saturated rings. The van der Waals surface area contributed by atoms with Crippen molar-refractivity contribution in [3.8, 4) is 5.75 Å². The molecule has 1 aliphatic rings. The third kappa shape index (κ3) is 4.15. The van der Waals surface area contributed by atoms with Crippen LogP contribution in [0.25, 0.3) is 0 Å². The number of esters is 2. The van der Waals surface area contributed by atoms with Gasteiger partial charge in [-0.2, -0.15) is 0 Å². The van der Waals surface area contributed by atoms with Crippen LogP contribution in [0, 0.1) is 6.92 Å². The van der Waals surface area contributed by atoms with Crippen LogP contribution in [0.1, 0.15) is 58.5 Å². The minimum Gasteiger partial charge on any atom is -0.496 e. The SMILES string of the molecule is COC(=O)c1cc(COC(=O)c2cc(CN3C(=O)c4ccccc4C3=O)ccc2OC)oc1C. The van der Waals surface area contributed by atoms with Gasteiger partial charge in [-0.3, -0.25) is 14.5 Å². The number of aryl methyl sites for hydroxylation is 1. The van der Waals surface area contributed by atoms with E-state index >= 15 is 0 Å². The average Bonchev–Trinajstić information content (AvgIpc) is 3.34. The Hall–Kier alpha value is -4.40. The number of carbonyl (C=O) groups excluding carboxylic acids is 4. The summed E-state index contributed by atoms with van der Waals surface area (Å²) in [6.45, 7) is 1.36. The van der Waals surface area contributed by atoms with Crippen molar-refractivity contribution in [1.82, 2.24) is 4.90 Å². The fourth-order valence-electron chi connectivity index (χ4n) is 3.72. The number of benzene rings is 2. The van der Waals surface area contributed by atoms with Crippen molar-refractivity contribution < 1.29 is 37.8 Å². The van der Waals surface area contributed by atoms with Gasteiger partial charge in [-0.25, -0.2) is 9.59 Å². The van der Waals surface area contributed by atoms with Crippen LogP contribution in [0.15, 0.2) is 52.9 Å². The maximum absolute atomic E-state index is 12.8. The molecule has 34 heavy (non-hydrogen) atoms. The summed E-state index contributed by atoms with van der Waals surface area (Å²) in [5.41, 5.74) is 1.60. The molecule has 0 saturated heterocycles. The number of amides is 2. The number of ether oxygens (including phenoxy) is 3. The van der Waals surface area contributed by atoms with Gasteiger partial charge in [-0.15, -0.1) is 0 Å². The minimum atomic E-state index is -0.699. The molecule has 9 heteroatoms. The lowest BCUT2D eigenvalue weighted by molar-refractivity contribution is 0.0440. The molecular formula is C25H21NO8. The third-order valence-corrected chi connectivity index (χ3v) is 5.42. The van der Waals surface area contributed by atoms with Crippen molar-refractivity contribution in [2.24, 2.45) is 0 Å². The molecule has 0 unspecified atom stereocenters. The van der Waals surface area contributed by atoms with Crippen LogP contribution in [0.4, 0.5) is 0 Å². The zero-order chi connectivity index (χ0) is 24.4. The number of carbonyl (C=O) groups is 4. The van der Waals surface area contributed by atoms with Gasteiger partial charge in [0.2, 0.25) is 0 Å². The molecule has 0 bridgehead atoms. The lowest BCUT2D eigenvalue weighted by atomic mass is 10.1. The van der Waals surface area contributed by atoms with E-state index < -0.39 is 23.8 Å². The molecule has 2 aromatic carbocycles. The number of furan rings is 1. The van der Waals surface area contributed by atoms with Crippen molar-refractivity contribution in [1.29, 1.82) is 0 Å². The fraction of sp³-hybridized carbons (Fsp3) is 0.200. The highest BCUT2D eigenvalue weighted by atomic mass is 16.5. The van der Waals surface area contributed by atoms with Gasteiger partial charge in [0.15, 0.2) is 0 Å². The number of fused-ring (bicyclic) bond motifs is 1. The number of hydrogen-bond donors (Lipinski definition) is 0. The first-order valence-electron chi connectivity index (χ1n) is 10.3. The molecule has 2 amide bonds. The van der Waals surface area contributed by atoms with Crippen molar-refractivity contribution in [3.63, 3.8) is 0 Å². The second-order valence-electron chi connectivity index (χ2n) is 7.53. The van der Waals surface area contributed by atoms with Crippen LogP contribution in [-0.4, -0.2) is 42.9 Å². The number of hydrogen-bond acceptors (Lipinski definition) is 8. The molecule has 1 aromatic heterocycles. The fourth-order valence-corrected chi connectivity index (χ4v) is 3.72. The summed E-state index contributed by atoms with van der Waals surface area (Å²) in [5.74, 6) is -1.16. The quantitative estimate of drug-likeness (QED) is 0.386. The van der Waals surface area contributed by atoms with Crippen LogP contribution >= 0.6 is 0 Å². The first kappa shape index (κ1) is 22.8. The molecule has 1 aliphatic heterocycles. The number of nitrogens with zero attached hydrogens (tertiary/aromatic N) is 1. The number of methoxy groups -OCH3 is 2. The molecular weight excluding hydrogens is 442 g/mol. The summed E-state index contributed by atoms with van der Waals surface area (Å²) in [4.78, 5) is 51.0. The Labute approximate surface area is 194 Å². The first-order valence-corrected chi connectivity index (χ1v) is 10.3. The summed E-state index contributed by atoms with van der Waals surface area (Å²) < 4.78 is 20.8. The Kier molecular flexibility index (Phi) is 6.18. The van der Waals surface area contributed by atoms with E-state index in [2.05, 4.69) is 4.74 Å². The number of imide groups is 1. The highest BCUT2D eigenvalue weighted by Gasteiger charge is 2.35. The Bertz CT molecular complexity index is 1270. The van der Waals surface area contributed by atoms with E-state index in [0.29, 0.717) is 22.5 Å². The molecule has 4 rings (SSSR count). The zero-order valence-corrected chi connectivity index (χ0v) is 18.7. The Balaban J connectivity index is 1.51. The van der Waals surface area contributed by atoms with Crippen LogP contribution in [0.3, 0.4) is 0 Å². The minimum absolute atomic E-state index is 0.0174. The average molecular weight is 463 g/mol. The summed E-state index contributed by atoms with van der Waals surface area (Å²) in [5, 5.41) is 0. The zero-order valence-electron chi connectivity index (χ0n) is 18.7. The Morgan fingerprint density at radius 3 is 2.21 bits per heavy atom. The van der Waals surface area contributed by atoms with Crippen molar-refractivity contribution in [3.05, 3.63) is 87.9 Å². The largest absolute Gasteiger partial charge is 0.496 e. The smallest absolute Gasteiger partial charge is 0.342 e. The van der Waals surface area contributed by atoms with Gasteiger partial charge in [0, 0.05) is 0 Å². The van der Waals surface area contributed by atoms with Gasteiger partial charge in [-0.05, 0) is 42.8 Å². The van der Waals surface area contributed by atoms with E-state index in [4.69, 9.17) is 13.9 Å². The second-order valence-corrected chi connectivity index (χ2v) is 7.53. The van der Waals surface area contributed by atoms with Crippen molar-refractivity contribution >= 4 is 23.8 Å². The maximum Gasteiger partial charge on any atom is 0.342 e. The van der Waals surface area contributed by atoms with Gasteiger partial charge in [0.1, 0.15) is 35.0 Å². The molecule has 2 heterocycles. The monoisotopic (exact) mass is 463 g/mol. The van der Waals surface area contributed by atoms with Crippen molar-refractivity contribution in [2.45, 2.75) is 20.1 Å². The predicted molar refractivity (Wildman–Crippen MR) is 118 cm³/mol. The molecule has 0 N–H and O–H groups in total. The van der Waals surface area contributed by atoms with E-state index in [1.807, 2.05) is 0 Å². The molecule has 3 aromatic rings. The molecule has 174 valence electrons. The van der Waals surface area contributed by atoms with Gasteiger partial charge in [0.25, 0.3) is 11.8 Å². The second kappa shape index (κ2) is 9.22. The van der Waals surface area contributed by atoms with E-state index in [1.165, 1.54) is 26.4 Å². The molecule has 0 radical (unpaired) electrons. The Morgan fingerprint density at radius 2 is 1.59 bits per heavy atom. The topological polar surface area (TPSA) is 112 Å². The molecule has 0 aliphatic carbocycles. The number of rotatable bonds is 7. The van der Waals surface area contributed by atoms with E-state index in [9.17, 15) is 19.2 Å². The van der Waals surface area contributed by atoms with Crippen molar-refractivity contribution in [2.75, 3.05) is 14.2 Å².